The lowest BCUT2D eigenvalue weighted by atomic mass is 10.1. The summed E-state index contributed by atoms with van der Waals surface area (Å²) < 4.78 is 54.5. The molecule has 1 saturated heterocycles. The zero-order valence-corrected chi connectivity index (χ0v) is 21.8. The molecule has 37 heavy (non-hydrogen) atoms. The van der Waals surface area contributed by atoms with Gasteiger partial charge in [0.2, 0.25) is 11.7 Å². The Balaban J connectivity index is 1.40. The van der Waals surface area contributed by atoms with Crippen LogP contribution in [0.3, 0.4) is 0 Å². The first-order chi connectivity index (χ1) is 17.8. The van der Waals surface area contributed by atoms with E-state index in [1.807, 2.05) is 0 Å². The molecule has 0 bridgehead atoms. The third-order valence-corrected chi connectivity index (χ3v) is 6.94. The van der Waals surface area contributed by atoms with E-state index in [0.717, 1.165) is 32.2 Å². The first-order valence-corrected chi connectivity index (χ1v) is 13.9. The minimum absolute atomic E-state index is 0.0416. The van der Waals surface area contributed by atoms with Gasteiger partial charge in [-0.3, -0.25) is 0 Å². The first kappa shape index (κ1) is 26.4. The Kier molecular flexibility index (Phi) is 8.27. The van der Waals surface area contributed by atoms with Crippen LogP contribution >= 0.6 is 0 Å². The Hall–Kier alpha value is -3.67. The summed E-state index contributed by atoms with van der Waals surface area (Å²) in [7, 11) is -0.0528. The van der Waals surface area contributed by atoms with Crippen molar-refractivity contribution in [3.05, 3.63) is 54.2 Å². The predicted molar refractivity (Wildman–Crippen MR) is 138 cm³/mol. The number of piperidine rings is 1. The van der Waals surface area contributed by atoms with Crippen LogP contribution in [-0.4, -0.2) is 68.8 Å². The number of pyridine rings is 1. The number of aryl methyl sites for hydroxylation is 1. The van der Waals surface area contributed by atoms with Crippen LogP contribution in [0.1, 0.15) is 18.4 Å². The third-order valence-electron chi connectivity index (χ3n) is 5.99. The molecule has 4 rings (SSSR count). The summed E-state index contributed by atoms with van der Waals surface area (Å²) in [5.74, 6) is 1.88. The Morgan fingerprint density at radius 3 is 2.43 bits per heavy atom. The minimum Gasteiger partial charge on any atom is -0.494 e. The number of ether oxygens (including phenoxy) is 3. The highest BCUT2D eigenvalue weighted by atomic mass is 32.2. The molecule has 1 aliphatic rings. The molecule has 1 aliphatic heterocycles. The van der Waals surface area contributed by atoms with Gasteiger partial charge in [-0.2, -0.15) is 0 Å². The SMILES string of the molecule is COc1cnc(N2CCC(Oc3ccnc(Nc4ccc(CCS(C)(=O)=O)cc4F)c3OC)CC2)nc1. The number of benzene rings is 1. The molecule has 12 heteroatoms. The maximum Gasteiger partial charge on any atom is 0.225 e. The molecule has 10 nitrogen and oxygen atoms in total. The average molecular weight is 532 g/mol. The van der Waals surface area contributed by atoms with Crippen molar-refractivity contribution >= 4 is 27.3 Å². The van der Waals surface area contributed by atoms with Gasteiger partial charge in [-0.25, -0.2) is 27.8 Å². The highest BCUT2D eigenvalue weighted by Gasteiger charge is 2.24. The van der Waals surface area contributed by atoms with Crippen molar-refractivity contribution < 1.29 is 27.0 Å². The molecule has 198 valence electrons. The number of anilines is 3. The number of rotatable bonds is 10. The van der Waals surface area contributed by atoms with Gasteiger partial charge in [0.05, 0.1) is 38.1 Å². The van der Waals surface area contributed by atoms with Gasteiger partial charge in [0.1, 0.15) is 21.8 Å². The van der Waals surface area contributed by atoms with Crippen molar-refractivity contribution in [2.24, 2.45) is 0 Å². The lowest BCUT2D eigenvalue weighted by Crippen LogP contribution is -2.39. The highest BCUT2D eigenvalue weighted by Crippen LogP contribution is 2.37. The van der Waals surface area contributed by atoms with Crippen LogP contribution < -0.4 is 24.4 Å². The molecule has 0 atom stereocenters. The summed E-state index contributed by atoms with van der Waals surface area (Å²) in [4.78, 5) is 15.1. The van der Waals surface area contributed by atoms with Crippen molar-refractivity contribution in [2.75, 3.05) is 49.5 Å². The van der Waals surface area contributed by atoms with Gasteiger partial charge in [-0.05, 0) is 24.1 Å². The molecule has 3 heterocycles. The summed E-state index contributed by atoms with van der Waals surface area (Å²) in [5.41, 5.74) is 0.788. The topological polar surface area (TPSA) is 116 Å². The van der Waals surface area contributed by atoms with E-state index in [9.17, 15) is 12.8 Å². The maximum absolute atomic E-state index is 14.7. The van der Waals surface area contributed by atoms with Crippen molar-refractivity contribution in [3.63, 3.8) is 0 Å². The molecular formula is C25H30FN5O5S. The van der Waals surface area contributed by atoms with E-state index in [2.05, 4.69) is 25.2 Å². The summed E-state index contributed by atoms with van der Waals surface area (Å²) in [6, 6.07) is 6.27. The normalized spacial score (nSPS) is 14.3. The van der Waals surface area contributed by atoms with Crippen LogP contribution in [0.4, 0.5) is 21.8 Å². The van der Waals surface area contributed by atoms with Crippen molar-refractivity contribution in [3.8, 4) is 17.2 Å². The molecule has 0 unspecified atom stereocenters. The quantitative estimate of drug-likeness (QED) is 0.417. The van der Waals surface area contributed by atoms with Gasteiger partial charge in [0, 0.05) is 44.5 Å². The second kappa shape index (κ2) is 11.6. The van der Waals surface area contributed by atoms with E-state index in [1.54, 1.807) is 43.9 Å². The van der Waals surface area contributed by atoms with Gasteiger partial charge in [-0.15, -0.1) is 0 Å². The van der Waals surface area contributed by atoms with Gasteiger partial charge in [-0.1, -0.05) is 6.07 Å². The minimum atomic E-state index is -3.13. The zero-order valence-electron chi connectivity index (χ0n) is 21.0. The Labute approximate surface area is 215 Å². The lowest BCUT2D eigenvalue weighted by molar-refractivity contribution is 0.164. The van der Waals surface area contributed by atoms with Gasteiger partial charge in [0.25, 0.3) is 0 Å². The number of methoxy groups -OCH3 is 2. The smallest absolute Gasteiger partial charge is 0.225 e. The molecule has 0 amide bonds. The van der Waals surface area contributed by atoms with Crippen LogP contribution in [0.25, 0.3) is 0 Å². The largest absolute Gasteiger partial charge is 0.494 e. The third kappa shape index (κ3) is 6.97. The Morgan fingerprint density at radius 2 is 1.81 bits per heavy atom. The van der Waals surface area contributed by atoms with Crippen molar-refractivity contribution in [1.29, 1.82) is 0 Å². The van der Waals surface area contributed by atoms with Crippen molar-refractivity contribution in [1.82, 2.24) is 15.0 Å². The van der Waals surface area contributed by atoms with E-state index in [4.69, 9.17) is 14.2 Å². The number of nitrogens with zero attached hydrogens (tertiary/aromatic N) is 4. The summed E-state index contributed by atoms with van der Waals surface area (Å²) >= 11 is 0. The van der Waals surface area contributed by atoms with Crippen LogP contribution in [0.15, 0.2) is 42.9 Å². The molecule has 1 aromatic carbocycles. The number of hydrogen-bond donors (Lipinski definition) is 1. The second-order valence-corrected chi connectivity index (χ2v) is 11.0. The van der Waals surface area contributed by atoms with Crippen LogP contribution in [0.5, 0.6) is 17.2 Å². The summed E-state index contributed by atoms with van der Waals surface area (Å²) in [6.45, 7) is 1.46. The maximum atomic E-state index is 14.7. The van der Waals surface area contributed by atoms with E-state index >= 15 is 0 Å². The predicted octanol–water partition coefficient (Wildman–Crippen LogP) is 3.41. The molecule has 0 radical (unpaired) electrons. The van der Waals surface area contributed by atoms with Gasteiger partial charge < -0.3 is 24.4 Å². The fraction of sp³-hybridized carbons (Fsp3) is 0.400. The lowest BCUT2D eigenvalue weighted by Gasteiger charge is -2.32. The summed E-state index contributed by atoms with van der Waals surface area (Å²) in [5, 5.41) is 2.96. The summed E-state index contributed by atoms with van der Waals surface area (Å²) in [6.07, 6.45) is 7.72. The molecule has 1 N–H and O–H groups in total. The number of hydrogen-bond acceptors (Lipinski definition) is 10. The number of nitrogens with one attached hydrogen (secondary N) is 1. The number of sulfone groups is 1. The highest BCUT2D eigenvalue weighted by molar-refractivity contribution is 7.90. The standard InChI is InChI=1S/C25H30FN5O5S/c1-34-19-15-28-25(29-16-19)31-11-7-18(8-12-31)36-22-6-10-27-24(23(22)35-2)30-21-5-4-17(14-20(21)26)9-13-37(3,32)33/h4-6,10,14-16,18H,7-9,11-13H2,1-3H3,(H,27,30). The van der Waals surface area contributed by atoms with Crippen LogP contribution in [0.2, 0.25) is 0 Å². The van der Waals surface area contributed by atoms with Crippen LogP contribution in [-0.2, 0) is 16.3 Å². The number of aromatic nitrogens is 3. The molecule has 1 fully saturated rings. The van der Waals surface area contributed by atoms with E-state index in [0.29, 0.717) is 34.6 Å². The molecule has 0 spiro atoms. The average Bonchev–Trinajstić information content (AvgIpc) is 2.89. The van der Waals surface area contributed by atoms with Gasteiger partial charge in [0.15, 0.2) is 17.3 Å². The fourth-order valence-electron chi connectivity index (χ4n) is 3.99. The first-order valence-electron chi connectivity index (χ1n) is 11.8. The zero-order chi connectivity index (χ0) is 26.4. The molecule has 2 aromatic heterocycles. The van der Waals surface area contributed by atoms with Crippen LogP contribution in [0, 0.1) is 5.82 Å². The fourth-order valence-corrected chi connectivity index (χ4v) is 4.59. The molecule has 0 aliphatic carbocycles. The van der Waals surface area contributed by atoms with Gasteiger partial charge >= 0.3 is 0 Å². The Morgan fingerprint density at radius 1 is 1.08 bits per heavy atom. The van der Waals surface area contributed by atoms with E-state index in [1.165, 1.54) is 13.2 Å². The number of halogens is 1. The second-order valence-electron chi connectivity index (χ2n) is 8.74. The van der Waals surface area contributed by atoms with E-state index < -0.39 is 15.7 Å². The van der Waals surface area contributed by atoms with Crippen molar-refractivity contribution in [2.45, 2.75) is 25.4 Å². The molecule has 3 aromatic rings. The molecular weight excluding hydrogens is 501 g/mol. The van der Waals surface area contributed by atoms with E-state index in [-0.39, 0.29) is 24.0 Å². The molecule has 0 saturated carbocycles. The monoisotopic (exact) mass is 531 g/mol. The Bertz CT molecular complexity index is 1320.